The third-order valence-corrected chi connectivity index (χ3v) is 5.42. The van der Waals surface area contributed by atoms with Crippen molar-refractivity contribution >= 4 is 12.0 Å². The Kier molecular flexibility index (Phi) is 6.26. The third-order valence-electron chi connectivity index (χ3n) is 5.42. The van der Waals surface area contributed by atoms with Crippen LogP contribution in [-0.2, 0) is 4.79 Å². The number of carbonyl (C=O) groups excluding carboxylic acids is 1. The Morgan fingerprint density at radius 2 is 2.17 bits per heavy atom. The fourth-order valence-corrected chi connectivity index (χ4v) is 3.54. The van der Waals surface area contributed by atoms with E-state index in [2.05, 4.69) is 19.2 Å². The largest absolute Gasteiger partial charge is 0.496 e. The highest BCUT2D eigenvalue weighted by atomic mass is 16.5. The number of rotatable bonds is 6. The Morgan fingerprint density at radius 1 is 1.39 bits per heavy atom. The molecule has 1 saturated carbocycles. The third kappa shape index (κ3) is 4.60. The number of ether oxygens (including phenoxy) is 1. The summed E-state index contributed by atoms with van der Waals surface area (Å²) in [7, 11) is 1.64. The minimum atomic E-state index is -0.0278. The fraction of sp³-hybridized carbons (Fsp3) is 0.550. The van der Waals surface area contributed by atoms with Gasteiger partial charge in [0.2, 0.25) is 5.91 Å². The summed E-state index contributed by atoms with van der Waals surface area (Å²) in [5.41, 5.74) is 1.29. The van der Waals surface area contributed by atoms with Gasteiger partial charge >= 0.3 is 0 Å². The van der Waals surface area contributed by atoms with Crippen molar-refractivity contribution in [2.45, 2.75) is 46.0 Å². The summed E-state index contributed by atoms with van der Waals surface area (Å²) < 4.78 is 5.29. The van der Waals surface area contributed by atoms with Gasteiger partial charge in [0.25, 0.3) is 0 Å². The first-order valence-corrected chi connectivity index (χ1v) is 8.68. The quantitative estimate of drug-likeness (QED) is 0.789. The summed E-state index contributed by atoms with van der Waals surface area (Å²) >= 11 is 0. The number of hydrogen-bond donors (Lipinski definition) is 1. The zero-order valence-corrected chi connectivity index (χ0v) is 14.6. The molecule has 0 saturated heterocycles. The molecule has 126 valence electrons. The standard InChI is InChI=1S/C20H29NO2/c1-4-20(2)14-8-7-10-17(20)15-21-19(22)13-12-16-9-5-6-11-18(16)23-3/h5-6,9,11-13,17H,4,7-8,10,14-15H2,1-3H3,(H,21,22)/b13-12+. The Bertz CT molecular complexity index is 552. The van der Waals surface area contributed by atoms with Gasteiger partial charge in [-0.15, -0.1) is 0 Å². The van der Waals surface area contributed by atoms with Crippen molar-refractivity contribution in [1.29, 1.82) is 0 Å². The van der Waals surface area contributed by atoms with Crippen molar-refractivity contribution in [3.8, 4) is 5.75 Å². The zero-order chi connectivity index (χ0) is 16.7. The Labute approximate surface area is 140 Å². The van der Waals surface area contributed by atoms with Crippen molar-refractivity contribution in [3.05, 3.63) is 35.9 Å². The molecule has 1 aliphatic carbocycles. The van der Waals surface area contributed by atoms with Gasteiger partial charge in [-0.25, -0.2) is 0 Å². The molecule has 2 atom stereocenters. The molecule has 0 radical (unpaired) electrons. The van der Waals surface area contributed by atoms with E-state index < -0.39 is 0 Å². The van der Waals surface area contributed by atoms with Crippen LogP contribution in [0.4, 0.5) is 0 Å². The first kappa shape index (κ1) is 17.6. The van der Waals surface area contributed by atoms with Gasteiger partial charge in [-0.3, -0.25) is 4.79 Å². The van der Waals surface area contributed by atoms with Crippen LogP contribution in [0.5, 0.6) is 5.75 Å². The molecule has 1 amide bonds. The first-order chi connectivity index (χ1) is 11.1. The number of nitrogens with one attached hydrogen (secondary N) is 1. The molecule has 1 aromatic rings. The second kappa shape index (κ2) is 8.19. The fourth-order valence-electron chi connectivity index (χ4n) is 3.54. The Balaban J connectivity index is 1.91. The summed E-state index contributed by atoms with van der Waals surface area (Å²) in [6.07, 6.45) is 9.71. The first-order valence-electron chi connectivity index (χ1n) is 8.68. The van der Waals surface area contributed by atoms with E-state index in [-0.39, 0.29) is 5.91 Å². The predicted octanol–water partition coefficient (Wildman–Crippen LogP) is 4.43. The molecule has 0 aliphatic heterocycles. The molecule has 0 aromatic heterocycles. The SMILES string of the molecule is CCC1(C)CCCCC1CNC(=O)/C=C/c1ccccc1OC. The van der Waals surface area contributed by atoms with Crippen LogP contribution in [0.15, 0.2) is 30.3 Å². The number of benzene rings is 1. The molecular weight excluding hydrogens is 286 g/mol. The molecule has 0 heterocycles. The second-order valence-corrected chi connectivity index (χ2v) is 6.77. The molecule has 3 heteroatoms. The van der Waals surface area contributed by atoms with Crippen molar-refractivity contribution < 1.29 is 9.53 Å². The van der Waals surface area contributed by atoms with Crippen molar-refractivity contribution in [2.24, 2.45) is 11.3 Å². The Hall–Kier alpha value is -1.77. The van der Waals surface area contributed by atoms with Crippen LogP contribution >= 0.6 is 0 Å². The minimum absolute atomic E-state index is 0.0278. The zero-order valence-electron chi connectivity index (χ0n) is 14.6. The van der Waals surface area contributed by atoms with E-state index >= 15 is 0 Å². The molecule has 0 spiro atoms. The predicted molar refractivity (Wildman–Crippen MR) is 95.4 cm³/mol. The maximum absolute atomic E-state index is 12.1. The highest BCUT2D eigenvalue weighted by Crippen LogP contribution is 2.43. The van der Waals surface area contributed by atoms with Gasteiger partial charge in [0.05, 0.1) is 7.11 Å². The van der Waals surface area contributed by atoms with Gasteiger partial charge in [0.15, 0.2) is 0 Å². The van der Waals surface area contributed by atoms with Gasteiger partial charge < -0.3 is 10.1 Å². The van der Waals surface area contributed by atoms with E-state index in [0.29, 0.717) is 11.3 Å². The highest BCUT2D eigenvalue weighted by Gasteiger charge is 2.34. The number of para-hydroxylation sites is 1. The Morgan fingerprint density at radius 3 is 2.91 bits per heavy atom. The lowest BCUT2D eigenvalue weighted by Crippen LogP contribution is -2.39. The molecule has 1 aromatic carbocycles. The summed E-state index contributed by atoms with van der Waals surface area (Å²) in [5.74, 6) is 1.34. The van der Waals surface area contributed by atoms with Crippen molar-refractivity contribution in [1.82, 2.24) is 5.32 Å². The van der Waals surface area contributed by atoms with Crippen LogP contribution in [0.2, 0.25) is 0 Å². The number of amides is 1. The summed E-state index contributed by atoms with van der Waals surface area (Å²) in [6, 6.07) is 7.70. The van der Waals surface area contributed by atoms with E-state index in [1.54, 1.807) is 13.2 Å². The van der Waals surface area contributed by atoms with E-state index in [0.717, 1.165) is 17.9 Å². The molecule has 23 heavy (non-hydrogen) atoms. The normalized spacial score (nSPS) is 24.6. The average molecular weight is 315 g/mol. The number of hydrogen-bond acceptors (Lipinski definition) is 2. The molecular formula is C20H29NO2. The smallest absolute Gasteiger partial charge is 0.244 e. The van der Waals surface area contributed by atoms with Gasteiger partial charge in [-0.1, -0.05) is 51.3 Å². The summed E-state index contributed by atoms with van der Waals surface area (Å²) in [5, 5.41) is 3.08. The minimum Gasteiger partial charge on any atom is -0.496 e. The van der Waals surface area contributed by atoms with Crippen LogP contribution in [0.3, 0.4) is 0 Å². The van der Waals surface area contributed by atoms with E-state index in [1.807, 2.05) is 30.3 Å². The molecule has 3 nitrogen and oxygen atoms in total. The number of methoxy groups -OCH3 is 1. The van der Waals surface area contributed by atoms with Crippen LogP contribution in [-0.4, -0.2) is 19.6 Å². The van der Waals surface area contributed by atoms with Crippen LogP contribution < -0.4 is 10.1 Å². The molecule has 1 N–H and O–H groups in total. The average Bonchev–Trinajstić information content (AvgIpc) is 2.59. The van der Waals surface area contributed by atoms with Crippen molar-refractivity contribution in [3.63, 3.8) is 0 Å². The van der Waals surface area contributed by atoms with Gasteiger partial charge in [0.1, 0.15) is 5.75 Å². The topological polar surface area (TPSA) is 38.3 Å². The maximum atomic E-state index is 12.1. The lowest BCUT2D eigenvalue weighted by molar-refractivity contribution is -0.116. The van der Waals surface area contributed by atoms with Gasteiger partial charge in [-0.2, -0.15) is 0 Å². The second-order valence-electron chi connectivity index (χ2n) is 6.77. The lowest BCUT2D eigenvalue weighted by Gasteiger charge is -2.41. The molecule has 2 rings (SSSR count). The van der Waals surface area contributed by atoms with Gasteiger partial charge in [0, 0.05) is 18.2 Å². The van der Waals surface area contributed by atoms with Crippen LogP contribution in [0.1, 0.15) is 51.5 Å². The van der Waals surface area contributed by atoms with Crippen LogP contribution in [0.25, 0.3) is 6.08 Å². The van der Waals surface area contributed by atoms with Gasteiger partial charge in [-0.05, 0) is 36.3 Å². The van der Waals surface area contributed by atoms with Crippen molar-refractivity contribution in [2.75, 3.05) is 13.7 Å². The summed E-state index contributed by atoms with van der Waals surface area (Å²) in [6.45, 7) is 5.41. The maximum Gasteiger partial charge on any atom is 0.244 e. The number of carbonyl (C=O) groups is 1. The molecule has 0 bridgehead atoms. The molecule has 2 unspecified atom stereocenters. The van der Waals surface area contributed by atoms with Crippen LogP contribution in [0, 0.1) is 11.3 Å². The lowest BCUT2D eigenvalue weighted by atomic mass is 9.66. The van der Waals surface area contributed by atoms with E-state index in [4.69, 9.17) is 4.74 Å². The molecule has 1 fully saturated rings. The van der Waals surface area contributed by atoms with E-state index in [1.165, 1.54) is 32.1 Å². The summed E-state index contributed by atoms with van der Waals surface area (Å²) in [4.78, 5) is 12.1. The molecule has 1 aliphatic rings. The monoisotopic (exact) mass is 315 g/mol. The highest BCUT2D eigenvalue weighted by molar-refractivity contribution is 5.92. The van der Waals surface area contributed by atoms with E-state index in [9.17, 15) is 4.79 Å².